The van der Waals surface area contributed by atoms with Crippen LogP contribution in [0.15, 0.2) is 24.3 Å². The van der Waals surface area contributed by atoms with Gasteiger partial charge in [-0.25, -0.2) is 0 Å². The second kappa shape index (κ2) is 9.18. The highest BCUT2D eigenvalue weighted by molar-refractivity contribution is 6.35. The first-order valence-electron chi connectivity index (χ1n) is 8.60. The third kappa shape index (κ3) is 5.58. The summed E-state index contributed by atoms with van der Waals surface area (Å²) in [6.07, 6.45) is 5.64. The van der Waals surface area contributed by atoms with Crippen molar-refractivity contribution in [2.24, 2.45) is 0 Å². The molecule has 1 aromatic carbocycles. The molecule has 0 unspecified atom stereocenters. The molecule has 1 heterocycles. The smallest absolute Gasteiger partial charge is 0.309 e. The van der Waals surface area contributed by atoms with Crippen molar-refractivity contribution >= 4 is 17.5 Å². The molecule has 1 aliphatic rings. The van der Waals surface area contributed by atoms with Gasteiger partial charge < -0.3 is 15.5 Å². The fourth-order valence-electron chi connectivity index (χ4n) is 2.84. The molecule has 2 amide bonds. The number of hydrogen-bond donors (Lipinski definition) is 2. The number of piperidine rings is 1. The zero-order valence-electron chi connectivity index (χ0n) is 13.9. The van der Waals surface area contributed by atoms with Crippen LogP contribution in [0.3, 0.4) is 0 Å². The third-order valence-electron chi connectivity index (χ3n) is 4.13. The molecule has 126 valence electrons. The van der Waals surface area contributed by atoms with Gasteiger partial charge in [-0.2, -0.15) is 0 Å². The molecular weight excluding hydrogens is 290 g/mol. The Labute approximate surface area is 138 Å². The van der Waals surface area contributed by atoms with Crippen molar-refractivity contribution in [3.8, 4) is 0 Å². The van der Waals surface area contributed by atoms with E-state index < -0.39 is 11.8 Å². The van der Waals surface area contributed by atoms with Gasteiger partial charge >= 0.3 is 11.8 Å². The molecule has 5 nitrogen and oxygen atoms in total. The van der Waals surface area contributed by atoms with E-state index in [9.17, 15) is 9.59 Å². The summed E-state index contributed by atoms with van der Waals surface area (Å²) in [6, 6.07) is 8.70. The number of benzene rings is 1. The predicted octanol–water partition coefficient (Wildman–Crippen LogP) is 1.86. The number of carbonyl (C=O) groups excluding carboxylic acids is 2. The molecule has 1 fully saturated rings. The molecule has 5 heteroatoms. The van der Waals surface area contributed by atoms with Crippen LogP contribution in [-0.4, -0.2) is 38.0 Å². The van der Waals surface area contributed by atoms with Crippen LogP contribution >= 0.6 is 0 Å². The second-order valence-corrected chi connectivity index (χ2v) is 5.93. The number of nitrogens with one attached hydrogen (secondary N) is 2. The molecule has 0 spiro atoms. The minimum absolute atomic E-state index is 0.468. The lowest BCUT2D eigenvalue weighted by molar-refractivity contribution is -0.139. The molecule has 0 saturated carbocycles. The van der Waals surface area contributed by atoms with Crippen LogP contribution in [0.5, 0.6) is 0 Å². The van der Waals surface area contributed by atoms with E-state index in [-0.39, 0.29) is 0 Å². The number of nitrogens with zero attached hydrogens (tertiary/aromatic N) is 1. The van der Waals surface area contributed by atoms with Crippen molar-refractivity contribution < 1.29 is 9.59 Å². The lowest BCUT2D eigenvalue weighted by atomic mass is 10.1. The van der Waals surface area contributed by atoms with E-state index in [1.165, 1.54) is 30.5 Å². The van der Waals surface area contributed by atoms with Gasteiger partial charge in [-0.05, 0) is 56.7 Å². The van der Waals surface area contributed by atoms with Crippen LogP contribution in [0, 0.1) is 0 Å². The first-order valence-corrected chi connectivity index (χ1v) is 8.60. The summed E-state index contributed by atoms with van der Waals surface area (Å²) in [7, 11) is 0. The zero-order chi connectivity index (χ0) is 16.5. The predicted molar refractivity (Wildman–Crippen MR) is 92.5 cm³/mol. The van der Waals surface area contributed by atoms with Gasteiger partial charge in [-0.1, -0.05) is 12.1 Å². The summed E-state index contributed by atoms with van der Waals surface area (Å²) in [5.74, 6) is -1.11. The normalized spacial score (nSPS) is 14.4. The van der Waals surface area contributed by atoms with Crippen molar-refractivity contribution in [1.29, 1.82) is 0 Å². The van der Waals surface area contributed by atoms with Gasteiger partial charge in [0.25, 0.3) is 0 Å². The van der Waals surface area contributed by atoms with Crippen LogP contribution in [0.1, 0.15) is 38.2 Å². The molecular formula is C18H27N3O2. The van der Waals surface area contributed by atoms with E-state index in [0.29, 0.717) is 13.1 Å². The van der Waals surface area contributed by atoms with Crippen molar-refractivity contribution in [3.05, 3.63) is 29.8 Å². The minimum Gasteiger partial charge on any atom is -0.372 e. The average molecular weight is 317 g/mol. The molecule has 0 aliphatic carbocycles. The molecule has 2 rings (SSSR count). The minimum atomic E-state index is -0.557. The number of carbonyl (C=O) groups is 2. The van der Waals surface area contributed by atoms with E-state index in [0.717, 1.165) is 25.9 Å². The molecule has 0 radical (unpaired) electrons. The Bertz CT molecular complexity index is 508. The van der Waals surface area contributed by atoms with Gasteiger partial charge in [-0.15, -0.1) is 0 Å². The second-order valence-electron chi connectivity index (χ2n) is 5.93. The van der Waals surface area contributed by atoms with Crippen LogP contribution < -0.4 is 15.5 Å². The Hall–Kier alpha value is -2.04. The molecule has 0 aromatic heterocycles. The van der Waals surface area contributed by atoms with E-state index in [1.54, 1.807) is 6.92 Å². The Morgan fingerprint density at radius 2 is 1.65 bits per heavy atom. The van der Waals surface area contributed by atoms with E-state index in [1.807, 2.05) is 0 Å². The maximum absolute atomic E-state index is 11.4. The van der Waals surface area contributed by atoms with E-state index in [2.05, 4.69) is 39.8 Å². The Balaban J connectivity index is 1.70. The number of amides is 2. The summed E-state index contributed by atoms with van der Waals surface area (Å²) in [5.41, 5.74) is 2.57. The van der Waals surface area contributed by atoms with Gasteiger partial charge in [0.05, 0.1) is 0 Å². The monoisotopic (exact) mass is 317 g/mol. The molecule has 1 aromatic rings. The molecule has 0 atom stereocenters. The number of rotatable bonds is 6. The van der Waals surface area contributed by atoms with Crippen molar-refractivity contribution in [1.82, 2.24) is 10.6 Å². The summed E-state index contributed by atoms with van der Waals surface area (Å²) in [5, 5.41) is 5.13. The maximum Gasteiger partial charge on any atom is 0.309 e. The van der Waals surface area contributed by atoms with Crippen molar-refractivity contribution in [3.63, 3.8) is 0 Å². The van der Waals surface area contributed by atoms with Crippen LogP contribution in [0.2, 0.25) is 0 Å². The SMILES string of the molecule is CCNC(=O)C(=O)NCCCc1ccc(N2CCCCC2)cc1. The summed E-state index contributed by atoms with van der Waals surface area (Å²) in [6.45, 7) is 5.09. The van der Waals surface area contributed by atoms with Crippen LogP contribution in [0.4, 0.5) is 5.69 Å². The molecule has 0 bridgehead atoms. The summed E-state index contributed by atoms with van der Waals surface area (Å²) < 4.78 is 0. The molecule has 23 heavy (non-hydrogen) atoms. The van der Waals surface area contributed by atoms with Gasteiger partial charge in [-0.3, -0.25) is 9.59 Å². The lowest BCUT2D eigenvalue weighted by Crippen LogP contribution is -2.40. The van der Waals surface area contributed by atoms with Crippen molar-refractivity contribution in [2.75, 3.05) is 31.1 Å². The summed E-state index contributed by atoms with van der Waals surface area (Å²) in [4.78, 5) is 25.1. The fraction of sp³-hybridized carbons (Fsp3) is 0.556. The zero-order valence-corrected chi connectivity index (χ0v) is 13.9. The standard InChI is InChI=1S/C18H27N3O2/c1-2-19-17(22)18(23)20-12-6-7-15-8-10-16(11-9-15)21-13-4-3-5-14-21/h8-11H,2-7,12-14H2,1H3,(H,19,22)(H,20,23). The Kier molecular flexibility index (Phi) is 6.91. The Morgan fingerprint density at radius 1 is 1.00 bits per heavy atom. The molecule has 2 N–H and O–H groups in total. The number of anilines is 1. The number of aryl methyl sites for hydroxylation is 1. The van der Waals surface area contributed by atoms with Gasteiger partial charge in [0.2, 0.25) is 0 Å². The van der Waals surface area contributed by atoms with Crippen molar-refractivity contribution in [2.45, 2.75) is 39.0 Å². The topological polar surface area (TPSA) is 61.4 Å². The third-order valence-corrected chi connectivity index (χ3v) is 4.13. The quantitative estimate of drug-likeness (QED) is 0.622. The highest BCUT2D eigenvalue weighted by Gasteiger charge is 2.11. The fourth-order valence-corrected chi connectivity index (χ4v) is 2.84. The van der Waals surface area contributed by atoms with Gasteiger partial charge in [0.1, 0.15) is 0 Å². The highest BCUT2D eigenvalue weighted by atomic mass is 16.2. The van der Waals surface area contributed by atoms with Gasteiger partial charge in [0, 0.05) is 31.9 Å². The number of hydrogen-bond acceptors (Lipinski definition) is 3. The van der Waals surface area contributed by atoms with E-state index >= 15 is 0 Å². The molecule has 1 aliphatic heterocycles. The van der Waals surface area contributed by atoms with Crippen LogP contribution in [-0.2, 0) is 16.0 Å². The van der Waals surface area contributed by atoms with Crippen LogP contribution in [0.25, 0.3) is 0 Å². The van der Waals surface area contributed by atoms with Gasteiger partial charge in [0.15, 0.2) is 0 Å². The average Bonchev–Trinajstić information content (AvgIpc) is 2.60. The first kappa shape index (κ1) is 17.3. The lowest BCUT2D eigenvalue weighted by Gasteiger charge is -2.28. The molecule has 1 saturated heterocycles. The Morgan fingerprint density at radius 3 is 2.30 bits per heavy atom. The number of likely N-dealkylation sites (N-methyl/N-ethyl adjacent to an activating group) is 1. The van der Waals surface area contributed by atoms with E-state index in [4.69, 9.17) is 0 Å². The largest absolute Gasteiger partial charge is 0.372 e. The first-order chi connectivity index (χ1) is 11.2. The maximum atomic E-state index is 11.4. The summed E-state index contributed by atoms with van der Waals surface area (Å²) >= 11 is 0. The highest BCUT2D eigenvalue weighted by Crippen LogP contribution is 2.20.